The van der Waals surface area contributed by atoms with Crippen LogP contribution in [0.4, 0.5) is 0 Å². The van der Waals surface area contributed by atoms with Crippen molar-refractivity contribution in [2.75, 3.05) is 0 Å². The molecule has 0 amide bonds. The fourth-order valence-electron chi connectivity index (χ4n) is 3.78. The van der Waals surface area contributed by atoms with Crippen LogP contribution < -0.4 is 4.74 Å². The Labute approximate surface area is 190 Å². The van der Waals surface area contributed by atoms with E-state index in [0.717, 1.165) is 33.6 Å². The van der Waals surface area contributed by atoms with E-state index in [-0.39, 0.29) is 5.56 Å². The topological polar surface area (TPSA) is 88.1 Å². The Bertz CT molecular complexity index is 1420. The summed E-state index contributed by atoms with van der Waals surface area (Å²) in [6.07, 6.45) is 3.54. The van der Waals surface area contributed by atoms with E-state index in [0.29, 0.717) is 23.5 Å². The number of carboxylic acids is 1. The normalized spacial score (nSPS) is 10.9. The van der Waals surface area contributed by atoms with Gasteiger partial charge in [0.1, 0.15) is 23.7 Å². The lowest BCUT2D eigenvalue weighted by Gasteiger charge is -2.08. The number of ether oxygens (including phenoxy) is 1. The SMILES string of the molecule is Cc1cc(C(=O)O)c2nc(-c3ccc(-c4ccc(OCc5cccnc5)cc4)cc3)[nH]c2c1. The number of rotatable bonds is 6. The smallest absolute Gasteiger partial charge is 0.337 e. The number of hydrogen-bond donors (Lipinski definition) is 2. The minimum Gasteiger partial charge on any atom is -0.489 e. The van der Waals surface area contributed by atoms with Gasteiger partial charge in [0.15, 0.2) is 0 Å². The van der Waals surface area contributed by atoms with Gasteiger partial charge in [-0.1, -0.05) is 42.5 Å². The predicted octanol–water partition coefficient (Wildman–Crippen LogP) is 5.88. The molecule has 6 heteroatoms. The lowest BCUT2D eigenvalue weighted by atomic mass is 10.0. The fourth-order valence-corrected chi connectivity index (χ4v) is 3.78. The molecule has 0 aliphatic carbocycles. The van der Waals surface area contributed by atoms with Gasteiger partial charge in [0.2, 0.25) is 0 Å². The van der Waals surface area contributed by atoms with E-state index < -0.39 is 5.97 Å². The molecule has 2 aromatic heterocycles. The molecule has 0 atom stereocenters. The van der Waals surface area contributed by atoms with Gasteiger partial charge < -0.3 is 14.8 Å². The van der Waals surface area contributed by atoms with Crippen LogP contribution in [0.5, 0.6) is 5.75 Å². The number of imidazole rings is 1. The van der Waals surface area contributed by atoms with Crippen LogP contribution in [0.3, 0.4) is 0 Å². The molecule has 6 nitrogen and oxygen atoms in total. The molecule has 2 N–H and O–H groups in total. The van der Waals surface area contributed by atoms with Crippen LogP contribution in [0, 0.1) is 6.92 Å². The first kappa shape index (κ1) is 20.5. The number of nitrogens with one attached hydrogen (secondary N) is 1. The summed E-state index contributed by atoms with van der Waals surface area (Å²) in [4.78, 5) is 23.5. The third-order valence-corrected chi connectivity index (χ3v) is 5.44. The minimum absolute atomic E-state index is 0.204. The maximum absolute atomic E-state index is 11.6. The molecule has 3 aromatic carbocycles. The van der Waals surface area contributed by atoms with Crippen molar-refractivity contribution in [2.45, 2.75) is 13.5 Å². The summed E-state index contributed by atoms with van der Waals surface area (Å²) in [7, 11) is 0. The fraction of sp³-hybridized carbons (Fsp3) is 0.0741. The van der Waals surface area contributed by atoms with Crippen molar-refractivity contribution in [3.8, 4) is 28.3 Å². The number of aryl methyl sites for hydroxylation is 1. The number of nitrogens with zero attached hydrogens (tertiary/aromatic N) is 2. The van der Waals surface area contributed by atoms with Crippen LogP contribution in [0.1, 0.15) is 21.5 Å². The Morgan fingerprint density at radius 1 is 0.970 bits per heavy atom. The van der Waals surface area contributed by atoms with Crippen LogP contribution >= 0.6 is 0 Å². The average Bonchev–Trinajstić information content (AvgIpc) is 3.27. The molecule has 5 aromatic rings. The summed E-state index contributed by atoms with van der Waals surface area (Å²) in [6, 6.07) is 23.4. The molecule has 0 aliphatic rings. The largest absolute Gasteiger partial charge is 0.489 e. The van der Waals surface area contributed by atoms with Crippen LogP contribution in [0.25, 0.3) is 33.5 Å². The number of H-pyrrole nitrogens is 1. The number of hydrogen-bond acceptors (Lipinski definition) is 4. The van der Waals surface area contributed by atoms with Crippen molar-refractivity contribution in [1.29, 1.82) is 0 Å². The zero-order chi connectivity index (χ0) is 22.8. The van der Waals surface area contributed by atoms with Gasteiger partial charge in [-0.15, -0.1) is 0 Å². The molecule has 0 spiro atoms. The Hall–Kier alpha value is -4.45. The first-order chi connectivity index (χ1) is 16.1. The molecular formula is C27H21N3O3. The molecular weight excluding hydrogens is 414 g/mol. The zero-order valence-corrected chi connectivity index (χ0v) is 17.9. The van der Waals surface area contributed by atoms with Gasteiger partial charge >= 0.3 is 5.97 Å². The molecule has 0 saturated carbocycles. The van der Waals surface area contributed by atoms with Crippen molar-refractivity contribution in [1.82, 2.24) is 15.0 Å². The molecule has 2 heterocycles. The number of carboxylic acid groups (broad SMARTS) is 1. The standard InChI is InChI=1S/C27H21N3O3/c1-17-13-23(27(31)32)25-24(14-17)29-26(30-25)21-6-4-19(5-7-21)20-8-10-22(11-9-20)33-16-18-3-2-12-28-15-18/h2-15H,16H2,1H3,(H,29,30)(H,31,32). The van der Waals surface area contributed by atoms with Gasteiger partial charge in [-0.3, -0.25) is 4.98 Å². The molecule has 0 radical (unpaired) electrons. The molecule has 0 fully saturated rings. The molecule has 0 aliphatic heterocycles. The van der Waals surface area contributed by atoms with Crippen LogP contribution in [-0.4, -0.2) is 26.0 Å². The molecule has 162 valence electrons. The second kappa shape index (κ2) is 8.59. The number of aromatic carboxylic acids is 1. The highest BCUT2D eigenvalue weighted by atomic mass is 16.5. The summed E-state index contributed by atoms with van der Waals surface area (Å²) in [5.41, 5.74) is 6.31. The van der Waals surface area contributed by atoms with Crippen LogP contribution in [0.15, 0.2) is 85.2 Å². The summed E-state index contributed by atoms with van der Waals surface area (Å²) >= 11 is 0. The number of benzene rings is 3. The summed E-state index contributed by atoms with van der Waals surface area (Å²) < 4.78 is 5.83. The van der Waals surface area contributed by atoms with Crippen molar-refractivity contribution in [3.05, 3.63) is 102 Å². The van der Waals surface area contributed by atoms with Gasteiger partial charge in [-0.25, -0.2) is 9.78 Å². The van der Waals surface area contributed by atoms with E-state index in [4.69, 9.17) is 4.74 Å². The van der Waals surface area contributed by atoms with Crippen molar-refractivity contribution in [3.63, 3.8) is 0 Å². The van der Waals surface area contributed by atoms with Gasteiger partial charge in [-0.05, 0) is 53.9 Å². The predicted molar refractivity (Wildman–Crippen MR) is 127 cm³/mol. The zero-order valence-electron chi connectivity index (χ0n) is 17.9. The first-order valence-electron chi connectivity index (χ1n) is 10.5. The maximum atomic E-state index is 11.6. The van der Waals surface area contributed by atoms with Crippen LogP contribution in [-0.2, 0) is 6.61 Å². The first-order valence-corrected chi connectivity index (χ1v) is 10.5. The highest BCUT2D eigenvalue weighted by Gasteiger charge is 2.14. The number of carbonyl (C=O) groups is 1. The lowest BCUT2D eigenvalue weighted by molar-refractivity contribution is 0.0698. The summed E-state index contributed by atoms with van der Waals surface area (Å²) in [5.74, 6) is 0.458. The third kappa shape index (κ3) is 4.32. The highest BCUT2D eigenvalue weighted by molar-refractivity contribution is 6.02. The lowest BCUT2D eigenvalue weighted by Crippen LogP contribution is -1.98. The molecule has 0 saturated heterocycles. The molecule has 0 bridgehead atoms. The van der Waals surface area contributed by atoms with E-state index in [9.17, 15) is 9.90 Å². The number of aromatic amines is 1. The van der Waals surface area contributed by atoms with E-state index >= 15 is 0 Å². The highest BCUT2D eigenvalue weighted by Crippen LogP contribution is 2.28. The van der Waals surface area contributed by atoms with Crippen molar-refractivity contribution in [2.24, 2.45) is 0 Å². The van der Waals surface area contributed by atoms with Crippen LogP contribution in [0.2, 0.25) is 0 Å². The number of aromatic nitrogens is 3. The Kier molecular flexibility index (Phi) is 5.32. The van der Waals surface area contributed by atoms with E-state index in [1.165, 1.54) is 0 Å². The Morgan fingerprint density at radius 2 is 1.67 bits per heavy atom. The van der Waals surface area contributed by atoms with E-state index in [1.807, 2.05) is 73.7 Å². The minimum atomic E-state index is -0.982. The monoisotopic (exact) mass is 435 g/mol. The second-order valence-electron chi connectivity index (χ2n) is 7.85. The maximum Gasteiger partial charge on any atom is 0.337 e. The van der Waals surface area contributed by atoms with Gasteiger partial charge in [0.25, 0.3) is 0 Å². The molecule has 5 rings (SSSR count). The molecule has 33 heavy (non-hydrogen) atoms. The second-order valence-corrected chi connectivity index (χ2v) is 7.85. The van der Waals surface area contributed by atoms with Gasteiger partial charge in [0, 0.05) is 23.5 Å². The average molecular weight is 435 g/mol. The van der Waals surface area contributed by atoms with Crippen molar-refractivity contribution < 1.29 is 14.6 Å². The van der Waals surface area contributed by atoms with E-state index in [2.05, 4.69) is 15.0 Å². The molecule has 0 unspecified atom stereocenters. The Balaban J connectivity index is 1.34. The quantitative estimate of drug-likeness (QED) is 0.348. The summed E-state index contributed by atoms with van der Waals surface area (Å²) in [6.45, 7) is 2.35. The van der Waals surface area contributed by atoms with Crippen molar-refractivity contribution >= 4 is 17.0 Å². The van der Waals surface area contributed by atoms with E-state index in [1.54, 1.807) is 18.5 Å². The number of fused-ring (bicyclic) bond motifs is 1. The summed E-state index contributed by atoms with van der Waals surface area (Å²) in [5, 5.41) is 9.50. The Morgan fingerprint density at radius 3 is 2.33 bits per heavy atom. The van der Waals surface area contributed by atoms with Gasteiger partial charge in [-0.2, -0.15) is 0 Å². The third-order valence-electron chi connectivity index (χ3n) is 5.44. The van der Waals surface area contributed by atoms with Gasteiger partial charge in [0.05, 0.1) is 11.1 Å². The number of pyridine rings is 1.